The Balaban J connectivity index is 1.66. The maximum Gasteiger partial charge on any atom is 0.246 e. The van der Waals surface area contributed by atoms with E-state index in [4.69, 9.17) is 23.2 Å². The molecule has 1 aliphatic heterocycles. The Bertz CT molecular complexity index is 919. The number of halogens is 2. The number of sulfonamides is 1. The number of amides is 1. The van der Waals surface area contributed by atoms with Crippen molar-refractivity contribution in [3.63, 3.8) is 0 Å². The summed E-state index contributed by atoms with van der Waals surface area (Å²) in [5.41, 5.74) is 0.972. The predicted octanol–water partition coefficient (Wildman–Crippen LogP) is 3.60. The second-order valence-electron chi connectivity index (χ2n) is 5.67. The van der Waals surface area contributed by atoms with Gasteiger partial charge in [0.25, 0.3) is 0 Å². The molecule has 0 saturated carbocycles. The van der Waals surface area contributed by atoms with Gasteiger partial charge >= 0.3 is 0 Å². The quantitative estimate of drug-likeness (QED) is 0.696. The Kier molecular flexibility index (Phi) is 6.04. The number of carbonyl (C=O) groups excluding carboxylic acids is 1. The van der Waals surface area contributed by atoms with E-state index in [2.05, 4.69) is 0 Å². The van der Waals surface area contributed by atoms with Gasteiger partial charge in [-0.05, 0) is 40.6 Å². The smallest absolute Gasteiger partial charge is 0.246 e. The standard InChI is InChI=1S/C17H16Cl2N2O3S2/c18-14-2-1-3-15(17(14)19)26(23,24)21-9-7-20(8-10-21)16(22)5-4-13-6-11-25-12-13/h1-6,11-12H,7-10H2/b5-4+. The van der Waals surface area contributed by atoms with Crippen molar-refractivity contribution in [1.29, 1.82) is 0 Å². The molecule has 2 aromatic rings. The lowest BCUT2D eigenvalue weighted by atomic mass is 10.3. The summed E-state index contributed by atoms with van der Waals surface area (Å²) in [5.74, 6) is -0.131. The summed E-state index contributed by atoms with van der Waals surface area (Å²) < 4.78 is 26.9. The van der Waals surface area contributed by atoms with Gasteiger partial charge in [0.1, 0.15) is 4.90 Å². The number of carbonyl (C=O) groups is 1. The van der Waals surface area contributed by atoms with E-state index in [0.717, 1.165) is 5.56 Å². The highest BCUT2D eigenvalue weighted by molar-refractivity contribution is 7.89. The number of nitrogens with zero attached hydrogens (tertiary/aromatic N) is 2. The van der Waals surface area contributed by atoms with Crippen molar-refractivity contribution in [2.45, 2.75) is 4.90 Å². The fraction of sp³-hybridized carbons (Fsp3) is 0.235. The monoisotopic (exact) mass is 430 g/mol. The average molecular weight is 431 g/mol. The summed E-state index contributed by atoms with van der Waals surface area (Å²) in [5, 5.41) is 4.10. The first-order valence-corrected chi connectivity index (χ1v) is 11.0. The Morgan fingerprint density at radius 2 is 1.85 bits per heavy atom. The van der Waals surface area contributed by atoms with E-state index in [1.165, 1.54) is 16.4 Å². The van der Waals surface area contributed by atoms with Crippen LogP contribution in [0, 0.1) is 0 Å². The number of benzene rings is 1. The minimum atomic E-state index is -3.75. The summed E-state index contributed by atoms with van der Waals surface area (Å²) in [4.78, 5) is 13.9. The molecule has 0 spiro atoms. The van der Waals surface area contributed by atoms with E-state index in [0.29, 0.717) is 13.1 Å². The number of thiophene rings is 1. The third kappa shape index (κ3) is 4.13. The molecule has 3 rings (SSSR count). The fourth-order valence-corrected chi connectivity index (χ4v) is 5.40. The molecule has 9 heteroatoms. The molecule has 1 saturated heterocycles. The molecular weight excluding hydrogens is 415 g/mol. The van der Waals surface area contributed by atoms with Crippen molar-refractivity contribution in [1.82, 2.24) is 9.21 Å². The SMILES string of the molecule is O=C(/C=C/c1ccsc1)N1CCN(S(=O)(=O)c2cccc(Cl)c2Cl)CC1. The van der Waals surface area contributed by atoms with Crippen molar-refractivity contribution in [2.24, 2.45) is 0 Å². The van der Waals surface area contributed by atoms with Crippen molar-refractivity contribution < 1.29 is 13.2 Å². The first-order valence-electron chi connectivity index (χ1n) is 7.83. The predicted molar refractivity (Wildman–Crippen MR) is 105 cm³/mol. The van der Waals surface area contributed by atoms with Crippen molar-refractivity contribution in [2.75, 3.05) is 26.2 Å². The van der Waals surface area contributed by atoms with E-state index in [1.807, 2.05) is 16.8 Å². The lowest BCUT2D eigenvalue weighted by molar-refractivity contribution is -0.127. The van der Waals surface area contributed by atoms with Crippen LogP contribution in [-0.4, -0.2) is 49.7 Å². The molecule has 0 unspecified atom stereocenters. The van der Waals surface area contributed by atoms with E-state index in [-0.39, 0.29) is 33.9 Å². The Labute approximate surface area is 166 Å². The lowest BCUT2D eigenvalue weighted by Crippen LogP contribution is -2.50. The van der Waals surface area contributed by atoms with Crippen LogP contribution < -0.4 is 0 Å². The summed E-state index contributed by atoms with van der Waals surface area (Å²) in [6.45, 7) is 1.07. The molecule has 1 aromatic carbocycles. The van der Waals surface area contributed by atoms with Crippen molar-refractivity contribution >= 4 is 56.5 Å². The topological polar surface area (TPSA) is 57.7 Å². The molecule has 1 aliphatic rings. The van der Waals surface area contributed by atoms with Gasteiger partial charge in [0.05, 0.1) is 10.0 Å². The van der Waals surface area contributed by atoms with Crippen LogP contribution in [0.1, 0.15) is 5.56 Å². The normalized spacial score (nSPS) is 16.3. The molecule has 1 amide bonds. The van der Waals surface area contributed by atoms with Gasteiger partial charge in [0, 0.05) is 32.3 Å². The van der Waals surface area contributed by atoms with Crippen LogP contribution in [0.5, 0.6) is 0 Å². The van der Waals surface area contributed by atoms with Crippen LogP contribution in [0.2, 0.25) is 10.0 Å². The summed E-state index contributed by atoms with van der Waals surface area (Å²) in [7, 11) is -3.75. The van der Waals surface area contributed by atoms with Gasteiger partial charge in [0.2, 0.25) is 15.9 Å². The number of rotatable bonds is 4. The van der Waals surface area contributed by atoms with Gasteiger partial charge in [-0.1, -0.05) is 29.3 Å². The third-order valence-electron chi connectivity index (χ3n) is 4.05. The largest absolute Gasteiger partial charge is 0.337 e. The maximum absolute atomic E-state index is 12.8. The zero-order chi connectivity index (χ0) is 18.7. The molecule has 0 aliphatic carbocycles. The van der Waals surface area contributed by atoms with Crippen LogP contribution in [-0.2, 0) is 14.8 Å². The lowest BCUT2D eigenvalue weighted by Gasteiger charge is -2.33. The van der Waals surface area contributed by atoms with Gasteiger partial charge in [-0.15, -0.1) is 0 Å². The van der Waals surface area contributed by atoms with Crippen molar-refractivity contribution in [3.05, 3.63) is 56.7 Å². The highest BCUT2D eigenvalue weighted by Crippen LogP contribution is 2.31. The van der Waals surface area contributed by atoms with E-state index in [9.17, 15) is 13.2 Å². The third-order valence-corrected chi connectivity index (χ3v) is 7.62. The highest BCUT2D eigenvalue weighted by atomic mass is 35.5. The molecule has 0 atom stereocenters. The van der Waals surface area contributed by atoms with Crippen LogP contribution in [0.3, 0.4) is 0 Å². The minimum Gasteiger partial charge on any atom is -0.337 e. The number of hydrogen-bond donors (Lipinski definition) is 0. The number of hydrogen-bond acceptors (Lipinski definition) is 4. The molecule has 2 heterocycles. The maximum atomic E-state index is 12.8. The Morgan fingerprint density at radius 1 is 1.12 bits per heavy atom. The van der Waals surface area contributed by atoms with Gasteiger partial charge < -0.3 is 4.90 Å². The summed E-state index contributed by atoms with van der Waals surface area (Å²) in [6.07, 6.45) is 3.27. The number of piperazine rings is 1. The Morgan fingerprint density at radius 3 is 2.50 bits per heavy atom. The van der Waals surface area contributed by atoms with Gasteiger partial charge in [0.15, 0.2) is 0 Å². The zero-order valence-electron chi connectivity index (χ0n) is 13.6. The van der Waals surface area contributed by atoms with Crippen LogP contribution in [0.15, 0.2) is 46.0 Å². The molecule has 0 bridgehead atoms. The molecule has 0 N–H and O–H groups in total. The molecule has 5 nitrogen and oxygen atoms in total. The second kappa shape index (κ2) is 8.10. The highest BCUT2D eigenvalue weighted by Gasteiger charge is 2.31. The van der Waals surface area contributed by atoms with Crippen LogP contribution >= 0.6 is 34.5 Å². The molecule has 1 fully saturated rings. The van der Waals surface area contributed by atoms with E-state index in [1.54, 1.807) is 34.4 Å². The molecule has 26 heavy (non-hydrogen) atoms. The Hall–Kier alpha value is -1.38. The second-order valence-corrected chi connectivity index (χ2v) is 9.14. The molecule has 0 radical (unpaired) electrons. The minimum absolute atomic E-state index is 0.0104. The van der Waals surface area contributed by atoms with Gasteiger partial charge in [-0.2, -0.15) is 15.6 Å². The van der Waals surface area contributed by atoms with E-state index < -0.39 is 10.0 Å². The molecule has 138 valence electrons. The first-order chi connectivity index (χ1) is 12.4. The molecular formula is C17H16Cl2N2O3S2. The van der Waals surface area contributed by atoms with Crippen LogP contribution in [0.25, 0.3) is 6.08 Å². The average Bonchev–Trinajstić information content (AvgIpc) is 3.15. The van der Waals surface area contributed by atoms with Crippen LogP contribution in [0.4, 0.5) is 0 Å². The van der Waals surface area contributed by atoms with Gasteiger partial charge in [-0.3, -0.25) is 4.79 Å². The molecule has 1 aromatic heterocycles. The zero-order valence-corrected chi connectivity index (χ0v) is 16.8. The first kappa shape index (κ1) is 19.4. The fourth-order valence-electron chi connectivity index (χ4n) is 2.61. The summed E-state index contributed by atoms with van der Waals surface area (Å²) in [6, 6.07) is 6.45. The van der Waals surface area contributed by atoms with Gasteiger partial charge in [-0.25, -0.2) is 8.42 Å². The van der Waals surface area contributed by atoms with E-state index >= 15 is 0 Å². The summed E-state index contributed by atoms with van der Waals surface area (Å²) >= 11 is 13.5. The van der Waals surface area contributed by atoms with Crippen molar-refractivity contribution in [3.8, 4) is 0 Å².